The second-order valence-electron chi connectivity index (χ2n) is 8.83. The Bertz CT molecular complexity index is 1330. The molecule has 0 spiro atoms. The van der Waals surface area contributed by atoms with Crippen LogP contribution >= 0.6 is 0 Å². The first-order valence-corrected chi connectivity index (χ1v) is 11.6. The van der Waals surface area contributed by atoms with Crippen molar-refractivity contribution in [1.29, 1.82) is 0 Å². The van der Waals surface area contributed by atoms with Gasteiger partial charge in [0.2, 0.25) is 5.91 Å². The van der Waals surface area contributed by atoms with E-state index in [-0.39, 0.29) is 11.8 Å². The molecule has 1 saturated heterocycles. The number of fused-ring (bicyclic) bond motifs is 1. The van der Waals surface area contributed by atoms with Crippen LogP contribution in [0.5, 0.6) is 11.5 Å². The zero-order chi connectivity index (χ0) is 23.7. The second-order valence-corrected chi connectivity index (χ2v) is 8.83. The molecular weight excluding hydrogens is 426 g/mol. The first-order chi connectivity index (χ1) is 16.5. The number of rotatable bonds is 7. The van der Waals surface area contributed by atoms with Crippen molar-refractivity contribution in [3.05, 3.63) is 83.7 Å². The molecule has 0 radical (unpaired) electrons. The molecule has 1 amide bonds. The molecule has 5 rings (SSSR count). The van der Waals surface area contributed by atoms with Crippen LogP contribution < -0.4 is 14.4 Å². The fourth-order valence-electron chi connectivity index (χ4n) is 4.64. The zero-order valence-corrected chi connectivity index (χ0v) is 19.8. The Hall–Kier alpha value is -3.80. The number of ether oxygens (including phenoxy) is 2. The summed E-state index contributed by atoms with van der Waals surface area (Å²) in [6.45, 7) is 5.92. The lowest BCUT2D eigenvalue weighted by Gasteiger charge is -2.18. The summed E-state index contributed by atoms with van der Waals surface area (Å²) < 4.78 is 13.6. The SMILES string of the molecule is COc1ccc(N2C[C@@H](c3nc4ccccc4n3CCOc3cc(C)ccc3C)CC2=O)cc1. The van der Waals surface area contributed by atoms with E-state index in [4.69, 9.17) is 14.5 Å². The zero-order valence-electron chi connectivity index (χ0n) is 19.8. The van der Waals surface area contributed by atoms with Crippen LogP contribution in [0.3, 0.4) is 0 Å². The largest absolute Gasteiger partial charge is 0.497 e. The minimum Gasteiger partial charge on any atom is -0.497 e. The lowest BCUT2D eigenvalue weighted by molar-refractivity contribution is -0.117. The molecule has 6 nitrogen and oxygen atoms in total. The maximum absolute atomic E-state index is 12.9. The molecule has 1 aromatic heterocycles. The molecule has 0 unspecified atom stereocenters. The summed E-state index contributed by atoms with van der Waals surface area (Å²) in [7, 11) is 1.64. The summed E-state index contributed by atoms with van der Waals surface area (Å²) in [6, 6.07) is 22.0. The van der Waals surface area contributed by atoms with Gasteiger partial charge in [-0.2, -0.15) is 0 Å². The van der Waals surface area contributed by atoms with E-state index in [0.717, 1.165) is 39.6 Å². The van der Waals surface area contributed by atoms with Gasteiger partial charge in [-0.1, -0.05) is 24.3 Å². The van der Waals surface area contributed by atoms with Crippen molar-refractivity contribution >= 4 is 22.6 Å². The quantitative estimate of drug-likeness (QED) is 0.381. The number of aromatic nitrogens is 2. The molecule has 1 fully saturated rings. The third-order valence-corrected chi connectivity index (χ3v) is 6.47. The molecule has 1 atom stereocenters. The van der Waals surface area contributed by atoms with Gasteiger partial charge in [-0.3, -0.25) is 4.79 Å². The fraction of sp³-hybridized carbons (Fsp3) is 0.286. The molecule has 34 heavy (non-hydrogen) atoms. The molecule has 174 valence electrons. The molecule has 4 aromatic rings. The molecule has 0 N–H and O–H groups in total. The summed E-state index contributed by atoms with van der Waals surface area (Å²) in [5, 5.41) is 0. The number of methoxy groups -OCH3 is 1. The predicted octanol–water partition coefficient (Wildman–Crippen LogP) is 5.26. The average Bonchev–Trinajstić information content (AvgIpc) is 3.42. The molecule has 0 saturated carbocycles. The number of nitrogens with zero attached hydrogens (tertiary/aromatic N) is 3. The molecule has 2 heterocycles. The van der Waals surface area contributed by atoms with Gasteiger partial charge in [-0.05, 0) is 67.4 Å². The number of aryl methyl sites for hydroxylation is 2. The maximum atomic E-state index is 12.9. The van der Waals surface area contributed by atoms with Crippen LogP contribution in [-0.4, -0.2) is 35.7 Å². The number of amides is 1. The maximum Gasteiger partial charge on any atom is 0.227 e. The average molecular weight is 456 g/mol. The summed E-state index contributed by atoms with van der Waals surface area (Å²) >= 11 is 0. The van der Waals surface area contributed by atoms with Crippen molar-refractivity contribution in [3.63, 3.8) is 0 Å². The van der Waals surface area contributed by atoms with Crippen molar-refractivity contribution in [2.45, 2.75) is 32.7 Å². The number of imidazole rings is 1. The highest BCUT2D eigenvalue weighted by molar-refractivity contribution is 5.96. The summed E-state index contributed by atoms with van der Waals surface area (Å²) in [4.78, 5) is 19.7. The van der Waals surface area contributed by atoms with Gasteiger partial charge in [0, 0.05) is 24.6 Å². The van der Waals surface area contributed by atoms with Crippen molar-refractivity contribution < 1.29 is 14.3 Å². The fourth-order valence-corrected chi connectivity index (χ4v) is 4.64. The van der Waals surface area contributed by atoms with Gasteiger partial charge in [-0.25, -0.2) is 4.98 Å². The minimum atomic E-state index is 0.0164. The first-order valence-electron chi connectivity index (χ1n) is 11.6. The Morgan fingerprint density at radius 1 is 1.03 bits per heavy atom. The van der Waals surface area contributed by atoms with Crippen molar-refractivity contribution in [2.24, 2.45) is 0 Å². The topological polar surface area (TPSA) is 56.6 Å². The van der Waals surface area contributed by atoms with Crippen LogP contribution in [0.25, 0.3) is 11.0 Å². The van der Waals surface area contributed by atoms with Crippen LogP contribution in [0.2, 0.25) is 0 Å². The molecule has 3 aromatic carbocycles. The highest BCUT2D eigenvalue weighted by Crippen LogP contribution is 2.34. The van der Waals surface area contributed by atoms with E-state index in [9.17, 15) is 4.79 Å². The highest BCUT2D eigenvalue weighted by Gasteiger charge is 2.34. The van der Waals surface area contributed by atoms with Crippen LogP contribution in [0.4, 0.5) is 5.69 Å². The normalized spacial score (nSPS) is 15.8. The Morgan fingerprint density at radius 2 is 1.82 bits per heavy atom. The van der Waals surface area contributed by atoms with Crippen molar-refractivity contribution in [1.82, 2.24) is 9.55 Å². The molecule has 1 aliphatic heterocycles. The second kappa shape index (κ2) is 9.21. The Labute approximate surface area is 199 Å². The van der Waals surface area contributed by atoms with Crippen LogP contribution in [0, 0.1) is 13.8 Å². The van der Waals surface area contributed by atoms with E-state index in [1.165, 1.54) is 5.56 Å². The molecule has 0 aliphatic carbocycles. The Morgan fingerprint density at radius 3 is 2.62 bits per heavy atom. The number of para-hydroxylation sites is 2. The number of carbonyl (C=O) groups excluding carboxylic acids is 1. The molecule has 1 aliphatic rings. The molecule has 0 bridgehead atoms. The third kappa shape index (κ3) is 4.23. The highest BCUT2D eigenvalue weighted by atomic mass is 16.5. The van der Waals surface area contributed by atoms with E-state index in [1.807, 2.05) is 47.4 Å². The van der Waals surface area contributed by atoms with Gasteiger partial charge in [0.05, 0.1) is 24.7 Å². The van der Waals surface area contributed by atoms with Gasteiger partial charge >= 0.3 is 0 Å². The lowest BCUT2D eigenvalue weighted by atomic mass is 10.1. The summed E-state index contributed by atoms with van der Waals surface area (Å²) in [5.74, 6) is 2.75. The van der Waals surface area contributed by atoms with Crippen molar-refractivity contribution in [2.75, 3.05) is 25.2 Å². The number of hydrogen-bond acceptors (Lipinski definition) is 4. The third-order valence-electron chi connectivity index (χ3n) is 6.47. The standard InChI is InChI=1S/C28H29N3O3/c1-19-8-9-20(2)26(16-19)34-15-14-30-25-7-5-4-6-24(25)29-28(30)21-17-27(32)31(18-21)22-10-12-23(33-3)13-11-22/h4-13,16,21H,14-15,17-18H2,1-3H3/t21-/m0/s1. The van der Waals surface area contributed by atoms with Crippen LogP contribution in [0.15, 0.2) is 66.7 Å². The summed E-state index contributed by atoms with van der Waals surface area (Å²) in [5.41, 5.74) is 5.20. The molecular formula is C28H29N3O3. The van der Waals surface area contributed by atoms with Crippen LogP contribution in [-0.2, 0) is 11.3 Å². The van der Waals surface area contributed by atoms with E-state index in [1.54, 1.807) is 7.11 Å². The van der Waals surface area contributed by atoms with Gasteiger partial charge < -0.3 is 18.9 Å². The lowest BCUT2D eigenvalue weighted by Crippen LogP contribution is -2.24. The Balaban J connectivity index is 1.39. The summed E-state index contributed by atoms with van der Waals surface area (Å²) in [6.07, 6.45) is 0.438. The van der Waals surface area contributed by atoms with Gasteiger partial charge in [-0.15, -0.1) is 0 Å². The number of anilines is 1. The minimum absolute atomic E-state index is 0.0164. The van der Waals surface area contributed by atoms with Crippen molar-refractivity contribution in [3.8, 4) is 11.5 Å². The van der Waals surface area contributed by atoms with E-state index in [0.29, 0.717) is 26.1 Å². The van der Waals surface area contributed by atoms with E-state index < -0.39 is 0 Å². The smallest absolute Gasteiger partial charge is 0.227 e. The van der Waals surface area contributed by atoms with Gasteiger partial charge in [0.25, 0.3) is 0 Å². The number of carbonyl (C=O) groups is 1. The number of benzene rings is 3. The number of hydrogen-bond donors (Lipinski definition) is 0. The monoisotopic (exact) mass is 455 g/mol. The molecule has 6 heteroatoms. The Kier molecular flexibility index (Phi) is 5.97. The predicted molar refractivity (Wildman–Crippen MR) is 134 cm³/mol. The van der Waals surface area contributed by atoms with Crippen LogP contribution in [0.1, 0.15) is 29.3 Å². The van der Waals surface area contributed by atoms with Gasteiger partial charge in [0.1, 0.15) is 23.9 Å². The van der Waals surface area contributed by atoms with E-state index in [2.05, 4.69) is 42.7 Å². The van der Waals surface area contributed by atoms with Gasteiger partial charge in [0.15, 0.2) is 0 Å². The first kappa shape index (κ1) is 22.0. The van der Waals surface area contributed by atoms with E-state index >= 15 is 0 Å².